The molecule has 4 N–H and O–H groups in total. The van der Waals surface area contributed by atoms with Gasteiger partial charge in [-0.15, -0.1) is 0 Å². The fourth-order valence-electron chi connectivity index (χ4n) is 3.67. The monoisotopic (exact) mass is 516 g/mol. The molecule has 2 rings (SSSR count). The van der Waals surface area contributed by atoms with Gasteiger partial charge in [-0.2, -0.15) is 18.4 Å². The molecule has 0 aromatic carbocycles. The number of H-pyrrole nitrogens is 2. The van der Waals surface area contributed by atoms with Crippen LogP contribution in [-0.2, 0) is 20.8 Å². The highest BCUT2D eigenvalue weighted by Gasteiger charge is 2.47. The average molecular weight is 517 g/mol. The van der Waals surface area contributed by atoms with E-state index in [1.165, 1.54) is 33.4 Å². The van der Waals surface area contributed by atoms with Crippen molar-refractivity contribution in [2.75, 3.05) is 6.54 Å². The van der Waals surface area contributed by atoms with Crippen LogP contribution in [0.1, 0.15) is 59.9 Å². The van der Waals surface area contributed by atoms with Crippen LogP contribution >= 0.6 is 0 Å². The Morgan fingerprint density at radius 3 is 2.25 bits per heavy atom. The molecule has 1 aliphatic heterocycles. The van der Waals surface area contributed by atoms with E-state index in [9.17, 15) is 37.6 Å². The third-order valence-electron chi connectivity index (χ3n) is 5.36. The number of carbonyl (C=O) groups is 3. The topological polar surface area (TPSA) is 151 Å². The normalized spacial score (nSPS) is 19.4. The van der Waals surface area contributed by atoms with Crippen molar-refractivity contribution in [1.82, 2.24) is 25.7 Å². The van der Waals surface area contributed by atoms with Crippen molar-refractivity contribution in [2.24, 2.45) is 11.3 Å². The molecule has 0 spiro atoms. The van der Waals surface area contributed by atoms with Gasteiger partial charge in [-0.25, -0.2) is 0 Å². The zero-order valence-electron chi connectivity index (χ0n) is 21.4. The summed E-state index contributed by atoms with van der Waals surface area (Å²) in [4.78, 5) is 50.5. The molecule has 4 atom stereocenters. The van der Waals surface area contributed by atoms with Crippen LogP contribution in [0.5, 0.6) is 0 Å². The molecule has 1 aromatic heterocycles. The maximum atomic E-state index is 13.2. The number of halogens is 3. The number of hydrogen-bond acceptors (Lipinski definition) is 5. The lowest BCUT2D eigenvalue weighted by molar-refractivity contribution is -0.176. The van der Waals surface area contributed by atoms with E-state index in [2.05, 4.69) is 29.4 Å². The maximum Gasteiger partial charge on any atom is 0.471 e. The molecule has 0 aliphatic carbocycles. The standard InChI is InChI=1S/C20H27F3N6O4.C3H8/c1-10-5-13(16(31)26-12(7-24)6-11-8-25-28-15(11)30)29(9-10)17(32)14(19(2,3)4)27-18(33)20(21,22)23;1-3-2/h8,10,12-14H,5-6,9H2,1-4H3,(H,26,31)(H,27,33)(H2,25,28,30);3H2,1-2H3/t10-,12+,13?,14-;/m1./s1. The van der Waals surface area contributed by atoms with Crippen molar-refractivity contribution in [3.05, 3.63) is 22.1 Å². The fourth-order valence-corrected chi connectivity index (χ4v) is 3.67. The van der Waals surface area contributed by atoms with Gasteiger partial charge in [0.15, 0.2) is 0 Å². The highest BCUT2D eigenvalue weighted by molar-refractivity contribution is 5.94. The van der Waals surface area contributed by atoms with Gasteiger partial charge in [-0.05, 0) is 17.8 Å². The third kappa shape index (κ3) is 8.42. The summed E-state index contributed by atoms with van der Waals surface area (Å²) < 4.78 is 38.4. The predicted octanol–water partition coefficient (Wildman–Crippen LogP) is 2.00. The Bertz CT molecular complexity index is 1000. The predicted molar refractivity (Wildman–Crippen MR) is 125 cm³/mol. The number of hydrogen-bond donors (Lipinski definition) is 4. The Labute approximate surface area is 208 Å². The molecule has 0 radical (unpaired) electrons. The molecule has 2 heterocycles. The van der Waals surface area contributed by atoms with E-state index in [0.29, 0.717) is 0 Å². The first kappa shape index (κ1) is 30.7. The summed E-state index contributed by atoms with van der Waals surface area (Å²) in [5, 5.41) is 18.4. The molecule has 13 heteroatoms. The third-order valence-corrected chi connectivity index (χ3v) is 5.36. The van der Waals surface area contributed by atoms with E-state index in [1.54, 1.807) is 12.2 Å². The number of nitriles is 1. The molecule has 3 amide bonds. The number of carbonyl (C=O) groups excluding carboxylic acids is 3. The fraction of sp³-hybridized carbons (Fsp3) is 0.696. The minimum Gasteiger partial charge on any atom is -0.338 e. The Hall–Kier alpha value is -3.30. The van der Waals surface area contributed by atoms with E-state index >= 15 is 0 Å². The summed E-state index contributed by atoms with van der Waals surface area (Å²) in [6, 6.07) is -1.75. The second-order valence-corrected chi connectivity index (χ2v) is 9.99. The van der Waals surface area contributed by atoms with Gasteiger partial charge in [0.1, 0.15) is 18.1 Å². The Kier molecular flexibility index (Phi) is 10.8. The molecule has 0 bridgehead atoms. The summed E-state index contributed by atoms with van der Waals surface area (Å²) in [5.74, 6) is -3.87. The zero-order chi connectivity index (χ0) is 27.8. The summed E-state index contributed by atoms with van der Waals surface area (Å²) in [5.41, 5.74) is -1.27. The Balaban J connectivity index is 0.00000205. The van der Waals surface area contributed by atoms with Crippen LogP contribution in [0.15, 0.2) is 11.0 Å². The molecular weight excluding hydrogens is 481 g/mol. The first-order chi connectivity index (χ1) is 16.6. The van der Waals surface area contributed by atoms with Crippen LogP contribution in [0.25, 0.3) is 0 Å². The smallest absolute Gasteiger partial charge is 0.338 e. The van der Waals surface area contributed by atoms with Crippen molar-refractivity contribution >= 4 is 17.7 Å². The number of likely N-dealkylation sites (tertiary alicyclic amines) is 1. The lowest BCUT2D eigenvalue weighted by atomic mass is 9.85. The molecule has 10 nitrogen and oxygen atoms in total. The SMILES string of the molecule is CCC.C[C@@H]1CC(C(=O)N[C@H](C#N)Cc2c[nH][nH]c2=O)N(C(=O)[C@@H](NC(=O)C(F)(F)F)C(C)(C)C)C1. The van der Waals surface area contributed by atoms with Crippen molar-refractivity contribution in [3.63, 3.8) is 0 Å². The minimum absolute atomic E-state index is 0.0798. The van der Waals surface area contributed by atoms with Gasteiger partial charge in [0.2, 0.25) is 11.8 Å². The second kappa shape index (κ2) is 12.6. The lowest BCUT2D eigenvalue weighted by Crippen LogP contribution is -2.59. The van der Waals surface area contributed by atoms with Crippen LogP contribution in [-0.4, -0.2) is 63.7 Å². The van der Waals surface area contributed by atoms with Crippen LogP contribution in [0.4, 0.5) is 13.2 Å². The largest absolute Gasteiger partial charge is 0.471 e. The number of rotatable bonds is 6. The van der Waals surface area contributed by atoms with Crippen LogP contribution in [0.3, 0.4) is 0 Å². The maximum absolute atomic E-state index is 13.2. The van der Waals surface area contributed by atoms with Gasteiger partial charge < -0.3 is 20.6 Å². The first-order valence-corrected chi connectivity index (χ1v) is 11.7. The van der Waals surface area contributed by atoms with Crippen molar-refractivity contribution in [2.45, 2.75) is 85.1 Å². The minimum atomic E-state index is -5.17. The number of aromatic nitrogens is 2. The molecule has 1 unspecified atom stereocenters. The Morgan fingerprint density at radius 1 is 1.22 bits per heavy atom. The van der Waals surface area contributed by atoms with Crippen LogP contribution in [0, 0.1) is 22.7 Å². The van der Waals surface area contributed by atoms with Crippen LogP contribution in [0.2, 0.25) is 0 Å². The van der Waals surface area contributed by atoms with E-state index < -0.39 is 53.0 Å². The molecule has 0 saturated carbocycles. The highest BCUT2D eigenvalue weighted by atomic mass is 19.4. The summed E-state index contributed by atoms with van der Waals surface area (Å²) in [7, 11) is 0. The van der Waals surface area contributed by atoms with E-state index in [0.717, 1.165) is 4.90 Å². The van der Waals surface area contributed by atoms with Gasteiger partial charge in [-0.1, -0.05) is 48.0 Å². The molecule has 1 saturated heterocycles. The van der Waals surface area contributed by atoms with Crippen LogP contribution < -0.4 is 16.2 Å². The van der Waals surface area contributed by atoms with E-state index in [-0.39, 0.29) is 30.9 Å². The molecule has 1 fully saturated rings. The van der Waals surface area contributed by atoms with Gasteiger partial charge in [0.05, 0.1) is 6.07 Å². The number of aromatic amines is 2. The molecule has 1 aliphatic rings. The summed E-state index contributed by atoms with van der Waals surface area (Å²) in [6.07, 6.45) is -2.41. The van der Waals surface area contributed by atoms with Gasteiger partial charge in [-0.3, -0.25) is 24.3 Å². The Morgan fingerprint density at radius 2 is 1.81 bits per heavy atom. The van der Waals surface area contributed by atoms with Crippen molar-refractivity contribution in [1.29, 1.82) is 5.26 Å². The summed E-state index contributed by atoms with van der Waals surface area (Å²) in [6.45, 7) is 10.6. The van der Waals surface area contributed by atoms with Gasteiger partial charge in [0.25, 0.3) is 5.56 Å². The first-order valence-electron chi connectivity index (χ1n) is 11.7. The number of amides is 3. The van der Waals surface area contributed by atoms with E-state index in [4.69, 9.17) is 0 Å². The molecule has 36 heavy (non-hydrogen) atoms. The van der Waals surface area contributed by atoms with Crippen molar-refractivity contribution in [3.8, 4) is 6.07 Å². The van der Waals surface area contributed by atoms with Gasteiger partial charge in [0, 0.05) is 24.7 Å². The number of nitrogens with one attached hydrogen (secondary N) is 4. The average Bonchev–Trinajstić information content (AvgIpc) is 3.35. The zero-order valence-corrected chi connectivity index (χ0v) is 21.4. The number of alkyl halides is 3. The molecule has 1 aromatic rings. The quantitative estimate of drug-likeness (QED) is 0.456. The lowest BCUT2D eigenvalue weighted by Gasteiger charge is -2.35. The van der Waals surface area contributed by atoms with Crippen molar-refractivity contribution < 1.29 is 27.6 Å². The number of nitrogens with zero attached hydrogens (tertiary/aromatic N) is 2. The van der Waals surface area contributed by atoms with E-state index in [1.807, 2.05) is 6.07 Å². The highest BCUT2D eigenvalue weighted by Crippen LogP contribution is 2.29. The molecular formula is C23H35F3N6O4. The molecule has 202 valence electrons. The van der Waals surface area contributed by atoms with Gasteiger partial charge >= 0.3 is 12.1 Å². The summed E-state index contributed by atoms with van der Waals surface area (Å²) >= 11 is 0. The second-order valence-electron chi connectivity index (χ2n) is 9.99.